The van der Waals surface area contributed by atoms with Crippen LogP contribution in [0.15, 0.2) is 53.7 Å². The SMILES string of the molecule is COc1ccc(C(=O)CSc2n[nH]c(-c3ccccc3Cl)n2)cc1. The zero-order chi connectivity index (χ0) is 16.9. The maximum atomic E-state index is 12.2. The van der Waals surface area contributed by atoms with Crippen molar-refractivity contribution in [2.75, 3.05) is 12.9 Å². The second-order valence-electron chi connectivity index (χ2n) is 4.89. The largest absolute Gasteiger partial charge is 0.497 e. The maximum absolute atomic E-state index is 12.2. The van der Waals surface area contributed by atoms with E-state index in [0.717, 1.165) is 11.3 Å². The lowest BCUT2D eigenvalue weighted by atomic mass is 10.1. The number of nitrogens with one attached hydrogen (secondary N) is 1. The predicted molar refractivity (Wildman–Crippen MR) is 94.9 cm³/mol. The van der Waals surface area contributed by atoms with Crippen LogP contribution in [0.25, 0.3) is 11.4 Å². The molecule has 0 saturated heterocycles. The number of aromatic nitrogens is 3. The molecule has 5 nitrogen and oxygen atoms in total. The Balaban J connectivity index is 1.65. The highest BCUT2D eigenvalue weighted by Crippen LogP contribution is 2.26. The molecular formula is C17H14ClN3O2S. The Hall–Kier alpha value is -2.31. The predicted octanol–water partition coefficient (Wildman–Crippen LogP) is 4.11. The van der Waals surface area contributed by atoms with E-state index in [1.165, 1.54) is 11.8 Å². The van der Waals surface area contributed by atoms with E-state index in [4.69, 9.17) is 16.3 Å². The number of thioether (sulfide) groups is 1. The summed E-state index contributed by atoms with van der Waals surface area (Å²) in [6.07, 6.45) is 0. The van der Waals surface area contributed by atoms with Gasteiger partial charge < -0.3 is 4.74 Å². The Labute approximate surface area is 148 Å². The minimum absolute atomic E-state index is 0.00625. The van der Waals surface area contributed by atoms with Crippen LogP contribution >= 0.6 is 23.4 Å². The van der Waals surface area contributed by atoms with E-state index in [1.54, 1.807) is 37.4 Å². The normalized spacial score (nSPS) is 10.6. The molecule has 1 aromatic heterocycles. The number of halogens is 1. The zero-order valence-electron chi connectivity index (χ0n) is 12.8. The fourth-order valence-corrected chi connectivity index (χ4v) is 2.99. The minimum atomic E-state index is 0.00625. The van der Waals surface area contributed by atoms with Crippen LogP contribution in [0.4, 0.5) is 0 Å². The molecule has 0 radical (unpaired) electrons. The maximum Gasteiger partial charge on any atom is 0.209 e. The van der Waals surface area contributed by atoms with E-state index in [2.05, 4.69) is 15.2 Å². The number of Topliss-reactive ketones (excluding diaryl/α,β-unsaturated/α-hetero) is 1. The quantitative estimate of drug-likeness (QED) is 0.530. The Morgan fingerprint density at radius 3 is 2.67 bits per heavy atom. The fourth-order valence-electron chi connectivity index (χ4n) is 2.08. The summed E-state index contributed by atoms with van der Waals surface area (Å²) >= 11 is 7.42. The van der Waals surface area contributed by atoms with Crippen molar-refractivity contribution in [3.63, 3.8) is 0 Å². The number of hydrogen-bond donors (Lipinski definition) is 1. The number of carbonyl (C=O) groups is 1. The van der Waals surface area contributed by atoms with Gasteiger partial charge in [-0.25, -0.2) is 4.98 Å². The summed E-state index contributed by atoms with van der Waals surface area (Å²) in [4.78, 5) is 16.6. The summed E-state index contributed by atoms with van der Waals surface area (Å²) in [6, 6.07) is 14.4. The number of rotatable bonds is 6. The molecule has 3 rings (SSSR count). The van der Waals surface area contributed by atoms with Crippen LogP contribution in [-0.2, 0) is 0 Å². The summed E-state index contributed by atoms with van der Waals surface area (Å²) in [6.45, 7) is 0. The molecule has 0 aliphatic rings. The summed E-state index contributed by atoms with van der Waals surface area (Å²) in [5.41, 5.74) is 1.41. The second kappa shape index (κ2) is 7.51. The summed E-state index contributed by atoms with van der Waals surface area (Å²) in [5.74, 6) is 1.57. The number of nitrogens with zero attached hydrogens (tertiary/aromatic N) is 2. The molecule has 0 spiro atoms. The lowest BCUT2D eigenvalue weighted by molar-refractivity contribution is 0.102. The van der Waals surface area contributed by atoms with Gasteiger partial charge in [0.05, 0.1) is 17.9 Å². The molecule has 0 unspecified atom stereocenters. The van der Waals surface area contributed by atoms with Gasteiger partial charge in [0, 0.05) is 11.1 Å². The Morgan fingerprint density at radius 1 is 1.21 bits per heavy atom. The molecule has 0 atom stereocenters. The van der Waals surface area contributed by atoms with Gasteiger partial charge in [-0.2, -0.15) is 0 Å². The van der Waals surface area contributed by atoms with Gasteiger partial charge in [0.2, 0.25) is 5.16 Å². The molecule has 0 amide bonds. The third-order valence-electron chi connectivity index (χ3n) is 3.34. The van der Waals surface area contributed by atoms with Crippen LogP contribution in [0.3, 0.4) is 0 Å². The van der Waals surface area contributed by atoms with Crippen molar-refractivity contribution in [1.29, 1.82) is 0 Å². The number of carbonyl (C=O) groups excluding carboxylic acids is 1. The number of aromatic amines is 1. The number of H-pyrrole nitrogens is 1. The van der Waals surface area contributed by atoms with Crippen LogP contribution < -0.4 is 4.74 Å². The van der Waals surface area contributed by atoms with Gasteiger partial charge in [-0.05, 0) is 36.4 Å². The molecule has 7 heteroatoms. The number of methoxy groups -OCH3 is 1. The summed E-state index contributed by atoms with van der Waals surface area (Å²) in [7, 11) is 1.59. The molecule has 1 heterocycles. The van der Waals surface area contributed by atoms with Gasteiger partial charge in [0.25, 0.3) is 0 Å². The molecule has 0 saturated carbocycles. The summed E-state index contributed by atoms with van der Waals surface area (Å²) in [5, 5.41) is 8.07. The lowest BCUT2D eigenvalue weighted by Crippen LogP contribution is -2.02. The smallest absolute Gasteiger partial charge is 0.209 e. The van der Waals surface area contributed by atoms with Crippen molar-refractivity contribution in [3.05, 3.63) is 59.1 Å². The van der Waals surface area contributed by atoms with E-state index in [-0.39, 0.29) is 11.5 Å². The molecular weight excluding hydrogens is 346 g/mol. The van der Waals surface area contributed by atoms with Crippen LogP contribution in [-0.4, -0.2) is 33.8 Å². The number of ketones is 1. The van der Waals surface area contributed by atoms with Gasteiger partial charge in [-0.15, -0.1) is 5.10 Å². The highest BCUT2D eigenvalue weighted by atomic mass is 35.5. The molecule has 122 valence electrons. The highest BCUT2D eigenvalue weighted by Gasteiger charge is 2.12. The first-order valence-electron chi connectivity index (χ1n) is 7.14. The van der Waals surface area contributed by atoms with Crippen molar-refractivity contribution in [2.45, 2.75) is 5.16 Å². The third kappa shape index (κ3) is 3.77. The Kier molecular flexibility index (Phi) is 5.17. The first-order valence-corrected chi connectivity index (χ1v) is 8.51. The third-order valence-corrected chi connectivity index (χ3v) is 4.52. The molecule has 1 N–H and O–H groups in total. The molecule has 2 aromatic carbocycles. The fraction of sp³-hybridized carbons (Fsp3) is 0.118. The van der Waals surface area contributed by atoms with Gasteiger partial charge >= 0.3 is 0 Å². The zero-order valence-corrected chi connectivity index (χ0v) is 14.4. The second-order valence-corrected chi connectivity index (χ2v) is 6.24. The molecule has 0 aliphatic heterocycles. The summed E-state index contributed by atoms with van der Waals surface area (Å²) < 4.78 is 5.08. The highest BCUT2D eigenvalue weighted by molar-refractivity contribution is 7.99. The van der Waals surface area contributed by atoms with Crippen LogP contribution in [0.2, 0.25) is 5.02 Å². The topological polar surface area (TPSA) is 67.9 Å². The van der Waals surface area contributed by atoms with Gasteiger partial charge in [0.1, 0.15) is 5.75 Å². The van der Waals surface area contributed by atoms with Crippen molar-refractivity contribution < 1.29 is 9.53 Å². The molecule has 0 aliphatic carbocycles. The average Bonchev–Trinajstić information content (AvgIpc) is 3.09. The number of ether oxygens (including phenoxy) is 1. The Bertz CT molecular complexity index is 849. The number of hydrogen-bond acceptors (Lipinski definition) is 5. The number of benzene rings is 2. The van der Waals surface area contributed by atoms with E-state index < -0.39 is 0 Å². The van der Waals surface area contributed by atoms with Crippen LogP contribution in [0, 0.1) is 0 Å². The van der Waals surface area contributed by atoms with Gasteiger partial charge in [0.15, 0.2) is 11.6 Å². The van der Waals surface area contributed by atoms with Gasteiger partial charge in [-0.3, -0.25) is 9.89 Å². The van der Waals surface area contributed by atoms with E-state index in [1.807, 2.05) is 18.2 Å². The van der Waals surface area contributed by atoms with Crippen molar-refractivity contribution >= 4 is 29.1 Å². The van der Waals surface area contributed by atoms with E-state index in [9.17, 15) is 4.79 Å². The average molecular weight is 360 g/mol. The molecule has 0 fully saturated rings. The van der Waals surface area contributed by atoms with Crippen LogP contribution in [0.5, 0.6) is 5.75 Å². The molecule has 3 aromatic rings. The lowest BCUT2D eigenvalue weighted by Gasteiger charge is -2.01. The first-order chi connectivity index (χ1) is 11.7. The van der Waals surface area contributed by atoms with Crippen LogP contribution in [0.1, 0.15) is 10.4 Å². The van der Waals surface area contributed by atoms with Crippen molar-refractivity contribution in [1.82, 2.24) is 15.2 Å². The minimum Gasteiger partial charge on any atom is -0.497 e. The van der Waals surface area contributed by atoms with E-state index in [0.29, 0.717) is 21.6 Å². The van der Waals surface area contributed by atoms with Crippen molar-refractivity contribution in [3.8, 4) is 17.1 Å². The van der Waals surface area contributed by atoms with Crippen molar-refractivity contribution in [2.24, 2.45) is 0 Å². The first kappa shape index (κ1) is 16.5. The standard InChI is InChI=1S/C17H14ClN3O2S/c1-23-12-8-6-11(7-9-12)15(22)10-24-17-19-16(20-21-17)13-4-2-3-5-14(13)18/h2-9H,10H2,1H3,(H,19,20,21). The monoisotopic (exact) mass is 359 g/mol. The Morgan fingerprint density at radius 2 is 1.96 bits per heavy atom. The van der Waals surface area contributed by atoms with E-state index >= 15 is 0 Å². The van der Waals surface area contributed by atoms with Gasteiger partial charge in [-0.1, -0.05) is 35.5 Å². The molecule has 0 bridgehead atoms. The molecule has 24 heavy (non-hydrogen) atoms.